The number of aliphatic carboxylic acids is 1. The van der Waals surface area contributed by atoms with Crippen molar-refractivity contribution in [3.8, 4) is 0 Å². The highest BCUT2D eigenvalue weighted by atomic mass is 16.4. The average molecular weight is 276 g/mol. The minimum atomic E-state index is -0.776. The number of hydrogen-bond acceptors (Lipinski definition) is 3. The highest BCUT2D eigenvalue weighted by Gasteiger charge is 2.33. The first-order valence-electron chi connectivity index (χ1n) is 6.70. The fraction of sp³-hybridized carbons (Fsp3) is 0.467. The van der Waals surface area contributed by atoms with Gasteiger partial charge in [0.05, 0.1) is 12.5 Å². The number of amides is 1. The summed E-state index contributed by atoms with van der Waals surface area (Å²) in [6.45, 7) is 3.85. The van der Waals surface area contributed by atoms with Gasteiger partial charge >= 0.3 is 5.97 Å². The number of likely N-dealkylation sites (N-methyl/N-ethyl adjacent to an activating group) is 1. The number of carboxylic acid groups (broad SMARTS) is 1. The second-order valence-corrected chi connectivity index (χ2v) is 5.46. The summed E-state index contributed by atoms with van der Waals surface area (Å²) in [5.41, 5.74) is 2.29. The topological polar surface area (TPSA) is 60.9 Å². The van der Waals surface area contributed by atoms with Crippen LogP contribution in [0.25, 0.3) is 0 Å². The Balaban J connectivity index is 1.78. The Morgan fingerprint density at radius 2 is 1.90 bits per heavy atom. The molecule has 2 rings (SSSR count). The fourth-order valence-electron chi connectivity index (χ4n) is 2.22. The van der Waals surface area contributed by atoms with Gasteiger partial charge in [0.25, 0.3) is 0 Å². The van der Waals surface area contributed by atoms with Crippen LogP contribution in [0.15, 0.2) is 24.3 Å². The van der Waals surface area contributed by atoms with E-state index < -0.39 is 5.97 Å². The Kier molecular flexibility index (Phi) is 4.39. The van der Waals surface area contributed by atoms with Gasteiger partial charge in [-0.25, -0.2) is 0 Å². The molecule has 1 amide bonds. The van der Waals surface area contributed by atoms with Crippen LogP contribution in [-0.2, 0) is 16.1 Å². The Hall–Kier alpha value is -1.88. The van der Waals surface area contributed by atoms with Crippen molar-refractivity contribution in [2.75, 3.05) is 26.7 Å². The van der Waals surface area contributed by atoms with Gasteiger partial charge in [0.15, 0.2) is 0 Å². The van der Waals surface area contributed by atoms with Crippen LogP contribution in [0, 0.1) is 12.8 Å². The molecule has 1 aromatic rings. The lowest BCUT2D eigenvalue weighted by Crippen LogP contribution is -2.53. The van der Waals surface area contributed by atoms with Gasteiger partial charge in [0, 0.05) is 26.7 Å². The standard InChI is InChI=1S/C15H20N2O3/c1-11-3-5-12(6-4-11)7-16(2)14(18)10-17-8-13(9-17)15(19)20/h3-6,13H,7-10H2,1-2H3,(H,19,20). The number of carboxylic acids is 1. The molecule has 0 spiro atoms. The van der Waals surface area contributed by atoms with Crippen LogP contribution >= 0.6 is 0 Å². The molecule has 0 unspecified atom stereocenters. The number of nitrogens with zero attached hydrogens (tertiary/aromatic N) is 2. The van der Waals surface area contributed by atoms with Gasteiger partial charge in [0.1, 0.15) is 0 Å². The predicted molar refractivity (Wildman–Crippen MR) is 75.2 cm³/mol. The molecule has 0 saturated carbocycles. The van der Waals surface area contributed by atoms with E-state index in [4.69, 9.17) is 5.11 Å². The number of carbonyl (C=O) groups excluding carboxylic acids is 1. The minimum absolute atomic E-state index is 0.0226. The Morgan fingerprint density at radius 3 is 2.45 bits per heavy atom. The van der Waals surface area contributed by atoms with E-state index in [1.54, 1.807) is 11.9 Å². The molecule has 20 heavy (non-hydrogen) atoms. The molecule has 0 radical (unpaired) electrons. The molecule has 0 aliphatic carbocycles. The van der Waals surface area contributed by atoms with Gasteiger partial charge in [0.2, 0.25) is 5.91 Å². The number of benzene rings is 1. The maximum atomic E-state index is 12.0. The van der Waals surface area contributed by atoms with Crippen LogP contribution in [-0.4, -0.2) is 53.5 Å². The number of rotatable bonds is 5. The first-order chi connectivity index (χ1) is 9.45. The average Bonchev–Trinajstić information content (AvgIpc) is 2.35. The van der Waals surface area contributed by atoms with Crippen molar-refractivity contribution in [1.82, 2.24) is 9.80 Å². The van der Waals surface area contributed by atoms with Crippen molar-refractivity contribution in [2.45, 2.75) is 13.5 Å². The number of hydrogen-bond donors (Lipinski definition) is 1. The van der Waals surface area contributed by atoms with Crippen molar-refractivity contribution in [2.24, 2.45) is 5.92 Å². The van der Waals surface area contributed by atoms with Crippen LogP contribution in [0.3, 0.4) is 0 Å². The molecule has 1 N–H and O–H groups in total. The molecule has 1 aliphatic heterocycles. The summed E-state index contributed by atoms with van der Waals surface area (Å²) in [6.07, 6.45) is 0. The van der Waals surface area contributed by atoms with Gasteiger partial charge in [-0.1, -0.05) is 29.8 Å². The summed E-state index contributed by atoms with van der Waals surface area (Å²) in [5, 5.41) is 8.79. The van der Waals surface area contributed by atoms with Crippen molar-refractivity contribution < 1.29 is 14.7 Å². The normalized spacial score (nSPS) is 15.7. The fourth-order valence-corrected chi connectivity index (χ4v) is 2.22. The molecule has 108 valence electrons. The van der Waals surface area contributed by atoms with Crippen LogP contribution in [0.5, 0.6) is 0 Å². The lowest BCUT2D eigenvalue weighted by Gasteiger charge is -2.36. The minimum Gasteiger partial charge on any atom is -0.481 e. The molecule has 0 bridgehead atoms. The van der Waals surface area contributed by atoms with Crippen molar-refractivity contribution in [1.29, 1.82) is 0 Å². The Labute approximate surface area is 118 Å². The highest BCUT2D eigenvalue weighted by Crippen LogP contribution is 2.15. The molecule has 0 atom stereocenters. The molecule has 1 saturated heterocycles. The van der Waals surface area contributed by atoms with E-state index in [0.717, 1.165) is 5.56 Å². The molecule has 1 heterocycles. The lowest BCUT2D eigenvalue weighted by atomic mass is 10.0. The highest BCUT2D eigenvalue weighted by molar-refractivity contribution is 5.79. The van der Waals surface area contributed by atoms with Crippen LogP contribution < -0.4 is 0 Å². The smallest absolute Gasteiger partial charge is 0.309 e. The molecule has 1 aliphatic rings. The zero-order valence-corrected chi connectivity index (χ0v) is 11.9. The number of likely N-dealkylation sites (tertiary alicyclic amines) is 1. The molecule has 0 aromatic heterocycles. The molecular weight excluding hydrogens is 256 g/mol. The van der Waals surface area contributed by atoms with E-state index in [1.807, 2.05) is 36.1 Å². The van der Waals surface area contributed by atoms with E-state index in [2.05, 4.69) is 0 Å². The monoisotopic (exact) mass is 276 g/mol. The van der Waals surface area contributed by atoms with Crippen LogP contribution in [0.2, 0.25) is 0 Å². The number of aryl methyl sites for hydroxylation is 1. The van der Waals surface area contributed by atoms with E-state index in [-0.39, 0.29) is 11.8 Å². The molecule has 1 fully saturated rings. The van der Waals surface area contributed by atoms with Gasteiger partial charge in [-0.2, -0.15) is 0 Å². The maximum Gasteiger partial charge on any atom is 0.309 e. The van der Waals surface area contributed by atoms with Crippen molar-refractivity contribution in [3.05, 3.63) is 35.4 Å². The third-order valence-corrected chi connectivity index (χ3v) is 3.63. The van der Waals surface area contributed by atoms with E-state index >= 15 is 0 Å². The summed E-state index contributed by atoms with van der Waals surface area (Å²) in [4.78, 5) is 26.3. The summed E-state index contributed by atoms with van der Waals surface area (Å²) < 4.78 is 0. The SMILES string of the molecule is Cc1ccc(CN(C)C(=O)CN2CC(C(=O)O)C2)cc1. The molecule has 5 nitrogen and oxygen atoms in total. The van der Waals surface area contributed by atoms with Gasteiger partial charge in [-0.05, 0) is 12.5 Å². The van der Waals surface area contributed by atoms with E-state index in [1.165, 1.54) is 5.56 Å². The van der Waals surface area contributed by atoms with Gasteiger partial charge < -0.3 is 10.0 Å². The predicted octanol–water partition coefficient (Wildman–Crippen LogP) is 0.970. The quantitative estimate of drug-likeness (QED) is 0.870. The summed E-state index contributed by atoms with van der Waals surface area (Å²) >= 11 is 0. The first kappa shape index (κ1) is 14.5. The lowest BCUT2D eigenvalue weighted by molar-refractivity contribution is -0.149. The van der Waals surface area contributed by atoms with Crippen LogP contribution in [0.1, 0.15) is 11.1 Å². The van der Waals surface area contributed by atoms with Crippen molar-refractivity contribution in [3.63, 3.8) is 0 Å². The van der Waals surface area contributed by atoms with Gasteiger partial charge in [-0.3, -0.25) is 14.5 Å². The third-order valence-electron chi connectivity index (χ3n) is 3.63. The second-order valence-electron chi connectivity index (χ2n) is 5.46. The first-order valence-corrected chi connectivity index (χ1v) is 6.70. The summed E-state index contributed by atoms with van der Waals surface area (Å²) in [6, 6.07) is 8.09. The number of carbonyl (C=O) groups is 2. The zero-order valence-electron chi connectivity index (χ0n) is 11.9. The second kappa shape index (κ2) is 6.05. The van der Waals surface area contributed by atoms with E-state index in [0.29, 0.717) is 26.2 Å². The molecule has 1 aromatic carbocycles. The van der Waals surface area contributed by atoms with Gasteiger partial charge in [-0.15, -0.1) is 0 Å². The Bertz CT molecular complexity index is 492. The molecule has 5 heteroatoms. The zero-order chi connectivity index (χ0) is 14.7. The third kappa shape index (κ3) is 3.57. The Morgan fingerprint density at radius 1 is 1.30 bits per heavy atom. The summed E-state index contributed by atoms with van der Waals surface area (Å²) in [7, 11) is 1.77. The largest absolute Gasteiger partial charge is 0.481 e. The van der Waals surface area contributed by atoms with Crippen LogP contribution in [0.4, 0.5) is 0 Å². The summed E-state index contributed by atoms with van der Waals surface area (Å²) in [5.74, 6) is -1.07. The maximum absolute atomic E-state index is 12.0. The van der Waals surface area contributed by atoms with Crippen molar-refractivity contribution >= 4 is 11.9 Å². The van der Waals surface area contributed by atoms with E-state index in [9.17, 15) is 9.59 Å². The molecular formula is C15H20N2O3.